The molecule has 0 aliphatic rings. The first-order valence-electron chi connectivity index (χ1n) is 5.92. The van der Waals surface area contributed by atoms with E-state index in [-0.39, 0.29) is 19.8 Å². The van der Waals surface area contributed by atoms with Crippen LogP contribution in [0.15, 0.2) is 24.3 Å². The maximum absolute atomic E-state index is 11.1. The zero-order valence-corrected chi connectivity index (χ0v) is 11.8. The van der Waals surface area contributed by atoms with Crippen LogP contribution in [0.4, 0.5) is 0 Å². The molecule has 1 atom stereocenters. The van der Waals surface area contributed by atoms with Gasteiger partial charge in [-0.2, -0.15) is 0 Å². The normalized spacial score (nSPS) is 12.3. The summed E-state index contributed by atoms with van der Waals surface area (Å²) in [7, 11) is 2.64. The Kier molecular flexibility index (Phi) is 10.4. The highest BCUT2D eigenvalue weighted by Crippen LogP contribution is 1.92. The first-order chi connectivity index (χ1) is 9.99. The molecule has 0 rings (SSSR count). The third kappa shape index (κ3) is 11.3. The number of carbonyl (C=O) groups is 3. The molecule has 0 aliphatic carbocycles. The largest absolute Gasteiger partial charge is 0.466 e. The second-order valence-electron chi connectivity index (χ2n) is 3.63. The average molecular weight is 302 g/mol. The van der Waals surface area contributed by atoms with Gasteiger partial charge in [-0.15, -0.1) is 0 Å². The standard InChI is InChI=1S/C13H18O8/c1-18-7-3-4-12(16)20-8-10(14)9-21-13(17)6-5-11(15)19-2/h3-6,10,14H,7-9H2,1-2H3. The van der Waals surface area contributed by atoms with Gasteiger partial charge in [-0.3, -0.25) is 0 Å². The van der Waals surface area contributed by atoms with Crippen LogP contribution in [0.5, 0.6) is 0 Å². The van der Waals surface area contributed by atoms with Crippen molar-refractivity contribution in [1.82, 2.24) is 0 Å². The van der Waals surface area contributed by atoms with Gasteiger partial charge in [0.2, 0.25) is 0 Å². The summed E-state index contributed by atoms with van der Waals surface area (Å²) >= 11 is 0. The monoisotopic (exact) mass is 302 g/mol. The second-order valence-corrected chi connectivity index (χ2v) is 3.63. The molecule has 0 spiro atoms. The van der Waals surface area contributed by atoms with Crippen molar-refractivity contribution < 1.29 is 38.4 Å². The van der Waals surface area contributed by atoms with Gasteiger partial charge in [0.15, 0.2) is 0 Å². The molecule has 0 aromatic carbocycles. The number of methoxy groups -OCH3 is 2. The Morgan fingerprint density at radius 1 is 0.952 bits per heavy atom. The smallest absolute Gasteiger partial charge is 0.331 e. The molecule has 0 saturated carbocycles. The zero-order chi connectivity index (χ0) is 16.1. The molecular formula is C13H18O8. The average Bonchev–Trinajstić information content (AvgIpc) is 2.48. The molecule has 1 N–H and O–H groups in total. The Labute approximate surface area is 121 Å². The predicted molar refractivity (Wildman–Crippen MR) is 70.1 cm³/mol. The van der Waals surface area contributed by atoms with Crippen LogP contribution < -0.4 is 0 Å². The fourth-order valence-corrected chi connectivity index (χ4v) is 0.946. The number of ether oxygens (including phenoxy) is 4. The van der Waals surface area contributed by atoms with Crippen molar-refractivity contribution in [1.29, 1.82) is 0 Å². The van der Waals surface area contributed by atoms with Crippen molar-refractivity contribution in [2.24, 2.45) is 0 Å². The molecule has 0 aliphatic heterocycles. The molecule has 0 heterocycles. The van der Waals surface area contributed by atoms with Crippen LogP contribution in [0.25, 0.3) is 0 Å². The van der Waals surface area contributed by atoms with Crippen molar-refractivity contribution in [3.8, 4) is 0 Å². The summed E-state index contributed by atoms with van der Waals surface area (Å²) in [4.78, 5) is 32.9. The topological polar surface area (TPSA) is 108 Å². The van der Waals surface area contributed by atoms with Gasteiger partial charge in [0.1, 0.15) is 19.3 Å². The molecule has 0 amide bonds. The van der Waals surface area contributed by atoms with E-state index >= 15 is 0 Å². The number of carbonyl (C=O) groups excluding carboxylic acids is 3. The van der Waals surface area contributed by atoms with Crippen LogP contribution in [-0.4, -0.2) is 63.2 Å². The summed E-state index contributed by atoms with van der Waals surface area (Å²) in [5.74, 6) is -2.18. The minimum Gasteiger partial charge on any atom is -0.466 e. The molecule has 0 saturated heterocycles. The molecular weight excluding hydrogens is 284 g/mol. The highest BCUT2D eigenvalue weighted by atomic mass is 16.6. The fourth-order valence-electron chi connectivity index (χ4n) is 0.946. The van der Waals surface area contributed by atoms with E-state index in [1.165, 1.54) is 13.2 Å². The van der Waals surface area contributed by atoms with E-state index < -0.39 is 24.0 Å². The van der Waals surface area contributed by atoms with Crippen LogP contribution in [0.2, 0.25) is 0 Å². The number of hydrogen-bond acceptors (Lipinski definition) is 8. The minimum atomic E-state index is -1.17. The summed E-state index contributed by atoms with van der Waals surface area (Å²) in [5, 5.41) is 9.42. The van der Waals surface area contributed by atoms with Gasteiger partial charge >= 0.3 is 17.9 Å². The van der Waals surface area contributed by atoms with E-state index in [0.29, 0.717) is 0 Å². The molecule has 0 aromatic rings. The predicted octanol–water partition coefficient (Wildman–Crippen LogP) is -0.634. The number of esters is 3. The van der Waals surface area contributed by atoms with E-state index in [0.717, 1.165) is 25.3 Å². The molecule has 0 bridgehead atoms. The van der Waals surface area contributed by atoms with Crippen molar-refractivity contribution in [2.75, 3.05) is 34.0 Å². The number of aliphatic hydroxyl groups is 1. The lowest BCUT2D eigenvalue weighted by molar-refractivity contribution is -0.146. The summed E-state index contributed by atoms with van der Waals surface area (Å²) in [6.45, 7) is -0.439. The quantitative estimate of drug-likeness (QED) is 0.340. The van der Waals surface area contributed by atoms with E-state index in [4.69, 9.17) is 0 Å². The maximum Gasteiger partial charge on any atom is 0.331 e. The van der Waals surface area contributed by atoms with Crippen molar-refractivity contribution in [2.45, 2.75) is 6.10 Å². The van der Waals surface area contributed by atoms with Gasteiger partial charge in [-0.05, 0) is 0 Å². The van der Waals surface area contributed by atoms with Gasteiger partial charge in [0.25, 0.3) is 0 Å². The SMILES string of the molecule is COCC=CC(=O)OCC(O)COC(=O)C=CC(=O)OC. The van der Waals surface area contributed by atoms with Crippen LogP contribution in [0.1, 0.15) is 0 Å². The molecule has 0 fully saturated rings. The Balaban J connectivity index is 3.87. The van der Waals surface area contributed by atoms with Crippen LogP contribution in [0, 0.1) is 0 Å². The van der Waals surface area contributed by atoms with Crippen LogP contribution >= 0.6 is 0 Å². The van der Waals surface area contributed by atoms with E-state index in [9.17, 15) is 19.5 Å². The van der Waals surface area contributed by atoms with Gasteiger partial charge in [-0.1, -0.05) is 6.08 Å². The van der Waals surface area contributed by atoms with Crippen molar-refractivity contribution in [3.05, 3.63) is 24.3 Å². The third-order valence-electron chi connectivity index (χ3n) is 1.91. The molecule has 1 unspecified atom stereocenters. The van der Waals surface area contributed by atoms with Crippen LogP contribution in [-0.2, 0) is 33.3 Å². The summed E-state index contributed by atoms with van der Waals surface area (Å²) in [6, 6.07) is 0. The first-order valence-corrected chi connectivity index (χ1v) is 5.92. The molecule has 8 nitrogen and oxygen atoms in total. The van der Waals surface area contributed by atoms with E-state index in [1.54, 1.807) is 0 Å². The van der Waals surface area contributed by atoms with Crippen molar-refractivity contribution in [3.63, 3.8) is 0 Å². The maximum atomic E-state index is 11.1. The van der Waals surface area contributed by atoms with Gasteiger partial charge in [-0.25, -0.2) is 14.4 Å². The Bertz CT molecular complexity index is 399. The Morgan fingerprint density at radius 3 is 2.00 bits per heavy atom. The minimum absolute atomic E-state index is 0.266. The number of aliphatic hydroxyl groups excluding tert-OH is 1. The number of hydrogen-bond donors (Lipinski definition) is 1. The number of rotatable bonds is 9. The van der Waals surface area contributed by atoms with Crippen LogP contribution in [0.3, 0.4) is 0 Å². The third-order valence-corrected chi connectivity index (χ3v) is 1.91. The lowest BCUT2D eigenvalue weighted by Crippen LogP contribution is -2.24. The highest BCUT2D eigenvalue weighted by molar-refractivity contribution is 5.91. The zero-order valence-electron chi connectivity index (χ0n) is 11.8. The lowest BCUT2D eigenvalue weighted by Gasteiger charge is -2.10. The Morgan fingerprint density at radius 2 is 1.48 bits per heavy atom. The molecule has 0 radical (unpaired) electrons. The summed E-state index contributed by atoms with van der Waals surface area (Å²) in [6.07, 6.45) is 3.18. The molecule has 0 aromatic heterocycles. The molecule has 21 heavy (non-hydrogen) atoms. The van der Waals surface area contributed by atoms with E-state index in [2.05, 4.69) is 18.9 Å². The van der Waals surface area contributed by atoms with Gasteiger partial charge in [0, 0.05) is 25.3 Å². The lowest BCUT2D eigenvalue weighted by atomic mass is 10.4. The highest BCUT2D eigenvalue weighted by Gasteiger charge is 2.09. The van der Waals surface area contributed by atoms with Gasteiger partial charge in [0.05, 0.1) is 13.7 Å². The fraction of sp³-hybridized carbons (Fsp3) is 0.462. The Hall–Kier alpha value is -2.19. The van der Waals surface area contributed by atoms with E-state index in [1.807, 2.05) is 0 Å². The van der Waals surface area contributed by atoms with Gasteiger partial charge < -0.3 is 24.1 Å². The summed E-state index contributed by atoms with van der Waals surface area (Å²) in [5.41, 5.74) is 0. The molecule has 8 heteroatoms. The second kappa shape index (κ2) is 11.6. The summed E-state index contributed by atoms with van der Waals surface area (Å²) < 4.78 is 18.3. The molecule has 118 valence electrons. The van der Waals surface area contributed by atoms with Crippen molar-refractivity contribution >= 4 is 17.9 Å². The first kappa shape index (κ1) is 18.8.